The highest BCUT2D eigenvalue weighted by Crippen LogP contribution is 2.24. The van der Waals surface area contributed by atoms with Crippen LogP contribution in [0.1, 0.15) is 76.1 Å². The number of nitrogens with one attached hydrogen (secondary N) is 2. The van der Waals surface area contributed by atoms with Crippen molar-refractivity contribution in [3.05, 3.63) is 88.4 Å². The van der Waals surface area contributed by atoms with Crippen LogP contribution in [0.3, 0.4) is 0 Å². The standard InChI is InChI=1S/C35H46N4O4S/c1-7-14-30(40)35(4,5)34(43)38-28(21-24(2)3)33(42)39(6)29(23-26-17-12-9-13-18-26)31(41)37-27(32-36-19-20-44-32)22-25-15-10-8-11-16-25/h8-13,15-20,24,27-29H,7,14,21-23H2,1-6H3,(H,37,41)(H,38,43)/t27?,28-,29-/m0/s1. The van der Waals surface area contributed by atoms with Crippen LogP contribution in [0, 0.1) is 11.3 Å². The molecule has 2 N–H and O–H groups in total. The minimum Gasteiger partial charge on any atom is -0.345 e. The van der Waals surface area contributed by atoms with Crippen molar-refractivity contribution < 1.29 is 19.2 Å². The largest absolute Gasteiger partial charge is 0.345 e. The van der Waals surface area contributed by atoms with Gasteiger partial charge >= 0.3 is 0 Å². The molecule has 0 radical (unpaired) electrons. The fourth-order valence-corrected chi connectivity index (χ4v) is 5.75. The Hall–Kier alpha value is -3.85. The predicted octanol–water partition coefficient (Wildman–Crippen LogP) is 5.54. The summed E-state index contributed by atoms with van der Waals surface area (Å²) < 4.78 is 0. The molecule has 0 aliphatic heterocycles. The van der Waals surface area contributed by atoms with Crippen LogP contribution >= 0.6 is 11.3 Å². The van der Waals surface area contributed by atoms with E-state index in [1.807, 2.05) is 86.8 Å². The van der Waals surface area contributed by atoms with Crippen molar-refractivity contribution in [2.75, 3.05) is 7.05 Å². The van der Waals surface area contributed by atoms with Gasteiger partial charge in [0.25, 0.3) is 0 Å². The van der Waals surface area contributed by atoms with E-state index < -0.39 is 23.4 Å². The van der Waals surface area contributed by atoms with E-state index in [4.69, 9.17) is 0 Å². The molecular formula is C35H46N4O4S. The molecular weight excluding hydrogens is 572 g/mol. The van der Waals surface area contributed by atoms with Crippen LogP contribution in [0.5, 0.6) is 0 Å². The van der Waals surface area contributed by atoms with E-state index in [2.05, 4.69) is 15.6 Å². The van der Waals surface area contributed by atoms with Gasteiger partial charge in [0, 0.05) is 31.5 Å². The lowest BCUT2D eigenvalue weighted by molar-refractivity contribution is -0.146. The summed E-state index contributed by atoms with van der Waals surface area (Å²) in [7, 11) is 1.61. The van der Waals surface area contributed by atoms with E-state index in [9.17, 15) is 19.2 Å². The summed E-state index contributed by atoms with van der Waals surface area (Å²) in [5.41, 5.74) is 0.678. The number of carbonyl (C=O) groups excluding carboxylic acids is 4. The number of amides is 3. The fourth-order valence-electron chi connectivity index (χ4n) is 5.06. The van der Waals surface area contributed by atoms with Crippen LogP contribution in [0.15, 0.2) is 72.2 Å². The molecule has 3 amide bonds. The number of thiazole rings is 1. The Bertz CT molecular complexity index is 1360. The zero-order valence-corrected chi connectivity index (χ0v) is 27.5. The molecule has 0 bridgehead atoms. The van der Waals surface area contributed by atoms with Gasteiger partial charge in [0.1, 0.15) is 28.3 Å². The molecule has 3 atom stereocenters. The Morgan fingerprint density at radius 2 is 1.50 bits per heavy atom. The first kappa shape index (κ1) is 34.6. The molecule has 44 heavy (non-hydrogen) atoms. The van der Waals surface area contributed by atoms with Crippen molar-refractivity contribution in [2.24, 2.45) is 11.3 Å². The SMILES string of the molecule is CCCC(=O)C(C)(C)C(=O)N[C@@H](CC(C)C)C(=O)N(C)[C@@H](Cc1ccccc1)C(=O)NC(Cc1ccccc1)c1nccs1. The predicted molar refractivity (Wildman–Crippen MR) is 175 cm³/mol. The first-order chi connectivity index (χ1) is 20.9. The molecule has 0 aliphatic carbocycles. The number of likely N-dealkylation sites (N-methyl/N-ethyl adjacent to an activating group) is 1. The van der Waals surface area contributed by atoms with Crippen LogP contribution in [-0.2, 0) is 32.0 Å². The Balaban J connectivity index is 1.90. The second-order valence-electron chi connectivity index (χ2n) is 12.2. The fraction of sp³-hybridized carbons (Fsp3) is 0.457. The maximum Gasteiger partial charge on any atom is 0.245 e. The second kappa shape index (κ2) is 16.3. The summed E-state index contributed by atoms with van der Waals surface area (Å²) in [6.45, 7) is 9.02. The van der Waals surface area contributed by atoms with Crippen LogP contribution in [0.25, 0.3) is 0 Å². The number of nitrogens with zero attached hydrogens (tertiary/aromatic N) is 2. The van der Waals surface area contributed by atoms with Gasteiger partial charge in [-0.1, -0.05) is 81.4 Å². The molecule has 0 saturated carbocycles. The number of carbonyl (C=O) groups is 4. The van der Waals surface area contributed by atoms with Crippen LogP contribution in [0.4, 0.5) is 0 Å². The first-order valence-electron chi connectivity index (χ1n) is 15.3. The van der Waals surface area contributed by atoms with Crippen LogP contribution in [0.2, 0.25) is 0 Å². The average Bonchev–Trinajstić information content (AvgIpc) is 3.54. The van der Waals surface area contributed by atoms with Crippen LogP contribution < -0.4 is 10.6 Å². The molecule has 0 spiro atoms. The average molecular weight is 619 g/mol. The zero-order chi connectivity index (χ0) is 32.3. The molecule has 0 aliphatic rings. The van der Waals surface area contributed by atoms with Gasteiger partial charge in [-0.15, -0.1) is 11.3 Å². The highest BCUT2D eigenvalue weighted by atomic mass is 32.1. The zero-order valence-electron chi connectivity index (χ0n) is 26.7. The number of aromatic nitrogens is 1. The van der Waals surface area contributed by atoms with Gasteiger partial charge in [-0.05, 0) is 50.2 Å². The topological polar surface area (TPSA) is 108 Å². The Morgan fingerprint density at radius 1 is 0.909 bits per heavy atom. The molecule has 3 rings (SSSR count). The van der Waals surface area contributed by atoms with E-state index >= 15 is 0 Å². The lowest BCUT2D eigenvalue weighted by Crippen LogP contribution is -2.57. The summed E-state index contributed by atoms with van der Waals surface area (Å²) in [6, 6.07) is 17.3. The third-order valence-electron chi connectivity index (χ3n) is 7.79. The number of ketones is 1. The van der Waals surface area contributed by atoms with Gasteiger partial charge in [0.2, 0.25) is 17.7 Å². The van der Waals surface area contributed by atoms with Gasteiger partial charge in [0.15, 0.2) is 0 Å². The van der Waals surface area contributed by atoms with E-state index in [0.29, 0.717) is 19.3 Å². The molecule has 1 unspecified atom stereocenters. The molecule has 9 heteroatoms. The van der Waals surface area contributed by atoms with E-state index in [1.165, 1.54) is 16.2 Å². The normalized spacial score (nSPS) is 13.5. The quantitative estimate of drug-likeness (QED) is 0.205. The maximum atomic E-state index is 14.1. The number of rotatable bonds is 16. The highest BCUT2D eigenvalue weighted by molar-refractivity contribution is 7.09. The number of hydrogen-bond acceptors (Lipinski definition) is 6. The smallest absolute Gasteiger partial charge is 0.245 e. The molecule has 0 fully saturated rings. The molecule has 8 nitrogen and oxygen atoms in total. The molecule has 0 saturated heterocycles. The Labute approximate surface area is 265 Å². The highest BCUT2D eigenvalue weighted by Gasteiger charge is 2.39. The first-order valence-corrected chi connectivity index (χ1v) is 16.2. The van der Waals surface area contributed by atoms with Crippen LogP contribution in [-0.4, -0.2) is 52.5 Å². The van der Waals surface area contributed by atoms with Gasteiger partial charge in [0.05, 0.1) is 6.04 Å². The van der Waals surface area contributed by atoms with Gasteiger partial charge in [-0.2, -0.15) is 0 Å². The van der Waals surface area contributed by atoms with E-state index in [1.54, 1.807) is 27.1 Å². The van der Waals surface area contributed by atoms with Crippen molar-refractivity contribution in [3.8, 4) is 0 Å². The molecule has 2 aromatic carbocycles. The second-order valence-corrected chi connectivity index (χ2v) is 13.2. The number of benzene rings is 2. The summed E-state index contributed by atoms with van der Waals surface area (Å²) in [5.74, 6) is -1.27. The summed E-state index contributed by atoms with van der Waals surface area (Å²) in [5, 5.41) is 8.71. The van der Waals surface area contributed by atoms with Crippen molar-refractivity contribution in [1.82, 2.24) is 20.5 Å². The van der Waals surface area contributed by atoms with Gasteiger partial charge in [-0.3, -0.25) is 19.2 Å². The Kier molecular flexibility index (Phi) is 12.8. The molecule has 1 aromatic heterocycles. The van der Waals surface area contributed by atoms with Crippen molar-refractivity contribution in [2.45, 2.75) is 84.8 Å². The summed E-state index contributed by atoms with van der Waals surface area (Å²) in [6.07, 6.45) is 3.83. The number of Topliss-reactive ketones (excluding diaryl/α,β-unsaturated/α-hetero) is 1. The minimum absolute atomic E-state index is 0.0775. The minimum atomic E-state index is -1.27. The van der Waals surface area contributed by atoms with E-state index in [0.717, 1.165) is 16.1 Å². The van der Waals surface area contributed by atoms with Crippen molar-refractivity contribution >= 4 is 34.8 Å². The third-order valence-corrected chi connectivity index (χ3v) is 8.68. The molecule has 236 valence electrons. The Morgan fingerprint density at radius 3 is 2.02 bits per heavy atom. The summed E-state index contributed by atoms with van der Waals surface area (Å²) in [4.78, 5) is 60.2. The number of hydrogen-bond donors (Lipinski definition) is 2. The van der Waals surface area contributed by atoms with Gasteiger partial charge < -0.3 is 15.5 Å². The summed E-state index contributed by atoms with van der Waals surface area (Å²) >= 11 is 1.47. The van der Waals surface area contributed by atoms with Crippen molar-refractivity contribution in [1.29, 1.82) is 0 Å². The monoisotopic (exact) mass is 618 g/mol. The third kappa shape index (κ3) is 9.58. The lowest BCUT2D eigenvalue weighted by Gasteiger charge is -2.33. The molecule has 3 aromatic rings. The lowest BCUT2D eigenvalue weighted by atomic mass is 9.84. The maximum absolute atomic E-state index is 14.1. The van der Waals surface area contributed by atoms with E-state index in [-0.39, 0.29) is 42.4 Å². The molecule has 1 heterocycles. The van der Waals surface area contributed by atoms with Gasteiger partial charge in [-0.25, -0.2) is 4.98 Å². The van der Waals surface area contributed by atoms with Crippen molar-refractivity contribution in [3.63, 3.8) is 0 Å².